The second-order valence-corrected chi connectivity index (χ2v) is 5.86. The van der Waals surface area contributed by atoms with Crippen LogP contribution < -0.4 is 11.3 Å². The number of hydrogen-bond donors (Lipinski definition) is 2. The van der Waals surface area contributed by atoms with Gasteiger partial charge in [0.1, 0.15) is 0 Å². The molecule has 1 atom stereocenters. The van der Waals surface area contributed by atoms with E-state index in [4.69, 9.17) is 5.84 Å². The predicted octanol–water partition coefficient (Wildman–Crippen LogP) is 3.93. The van der Waals surface area contributed by atoms with Crippen LogP contribution in [0.15, 0.2) is 40.9 Å². The van der Waals surface area contributed by atoms with Crippen LogP contribution in [0.25, 0.3) is 0 Å². The molecule has 0 radical (unpaired) electrons. The molecule has 0 saturated heterocycles. The van der Waals surface area contributed by atoms with Crippen molar-refractivity contribution >= 4 is 15.9 Å². The first-order valence-corrected chi connectivity index (χ1v) is 7.11. The zero-order valence-electron chi connectivity index (χ0n) is 11.5. The summed E-state index contributed by atoms with van der Waals surface area (Å²) in [5, 5.41) is 0. The van der Waals surface area contributed by atoms with E-state index in [1.807, 2.05) is 12.1 Å². The summed E-state index contributed by atoms with van der Waals surface area (Å²) in [6, 6.07) is 12.7. The SMILES string of the molecule is Cc1cc(C)c(C(NN)c2ccc(Br)cc2)cc1C. The van der Waals surface area contributed by atoms with Gasteiger partial charge < -0.3 is 0 Å². The first kappa shape index (κ1) is 14.3. The summed E-state index contributed by atoms with van der Waals surface area (Å²) in [6.45, 7) is 6.40. The molecule has 2 aromatic carbocycles. The average Bonchev–Trinajstić information content (AvgIpc) is 2.38. The zero-order chi connectivity index (χ0) is 14.0. The zero-order valence-corrected chi connectivity index (χ0v) is 13.1. The Balaban J connectivity index is 2.47. The Bertz CT molecular complexity index is 576. The smallest absolute Gasteiger partial charge is 0.0712 e. The highest BCUT2D eigenvalue weighted by Crippen LogP contribution is 2.27. The lowest BCUT2D eigenvalue weighted by atomic mass is 9.92. The van der Waals surface area contributed by atoms with E-state index in [0.717, 1.165) is 10.0 Å². The van der Waals surface area contributed by atoms with Crippen LogP contribution >= 0.6 is 15.9 Å². The van der Waals surface area contributed by atoms with Gasteiger partial charge in [-0.2, -0.15) is 0 Å². The summed E-state index contributed by atoms with van der Waals surface area (Å²) < 4.78 is 1.07. The Kier molecular flexibility index (Phi) is 4.40. The van der Waals surface area contributed by atoms with Crippen LogP contribution in [0.3, 0.4) is 0 Å². The maximum atomic E-state index is 5.77. The summed E-state index contributed by atoms with van der Waals surface area (Å²) >= 11 is 3.46. The van der Waals surface area contributed by atoms with Crippen LogP contribution in [0.1, 0.15) is 33.9 Å². The van der Waals surface area contributed by atoms with E-state index >= 15 is 0 Å². The van der Waals surface area contributed by atoms with Gasteiger partial charge in [0.25, 0.3) is 0 Å². The molecule has 0 fully saturated rings. The molecule has 1 unspecified atom stereocenters. The third-order valence-electron chi connectivity index (χ3n) is 3.56. The molecule has 19 heavy (non-hydrogen) atoms. The summed E-state index contributed by atoms with van der Waals surface area (Å²) in [4.78, 5) is 0. The molecule has 100 valence electrons. The Morgan fingerprint density at radius 1 is 0.947 bits per heavy atom. The van der Waals surface area contributed by atoms with Gasteiger partial charge in [-0.25, -0.2) is 5.43 Å². The molecule has 0 aromatic heterocycles. The molecule has 0 aliphatic rings. The van der Waals surface area contributed by atoms with Gasteiger partial charge in [-0.1, -0.05) is 40.2 Å². The van der Waals surface area contributed by atoms with Crippen molar-refractivity contribution in [2.24, 2.45) is 5.84 Å². The van der Waals surface area contributed by atoms with Crippen molar-refractivity contribution in [3.8, 4) is 0 Å². The van der Waals surface area contributed by atoms with E-state index < -0.39 is 0 Å². The molecule has 0 bridgehead atoms. The minimum atomic E-state index is 0.0207. The minimum absolute atomic E-state index is 0.0207. The van der Waals surface area contributed by atoms with Crippen molar-refractivity contribution in [1.29, 1.82) is 0 Å². The maximum Gasteiger partial charge on any atom is 0.0712 e. The van der Waals surface area contributed by atoms with Gasteiger partial charge in [0.15, 0.2) is 0 Å². The molecule has 0 spiro atoms. The number of hydrazine groups is 1. The molecular weight excluding hydrogens is 300 g/mol. The van der Waals surface area contributed by atoms with Gasteiger partial charge >= 0.3 is 0 Å². The summed E-state index contributed by atoms with van der Waals surface area (Å²) in [5.74, 6) is 5.77. The van der Waals surface area contributed by atoms with Crippen molar-refractivity contribution < 1.29 is 0 Å². The fourth-order valence-electron chi connectivity index (χ4n) is 2.31. The number of nitrogens with one attached hydrogen (secondary N) is 1. The highest BCUT2D eigenvalue weighted by atomic mass is 79.9. The molecular formula is C16H19BrN2. The standard InChI is InChI=1S/C16H19BrN2/c1-10-8-12(3)15(9-11(10)2)16(19-18)13-4-6-14(17)7-5-13/h4-9,16,19H,18H2,1-3H3. The van der Waals surface area contributed by atoms with E-state index in [-0.39, 0.29) is 6.04 Å². The number of nitrogens with two attached hydrogens (primary N) is 1. The second kappa shape index (κ2) is 5.87. The predicted molar refractivity (Wildman–Crippen MR) is 84.0 cm³/mol. The quantitative estimate of drug-likeness (QED) is 0.664. The molecule has 3 N–H and O–H groups in total. The van der Waals surface area contributed by atoms with Crippen LogP contribution in [0.4, 0.5) is 0 Å². The number of benzene rings is 2. The molecule has 0 aliphatic heterocycles. The monoisotopic (exact) mass is 318 g/mol. The third-order valence-corrected chi connectivity index (χ3v) is 4.09. The Labute approximate surface area is 123 Å². The first-order valence-electron chi connectivity index (χ1n) is 6.32. The minimum Gasteiger partial charge on any atom is -0.271 e. The second-order valence-electron chi connectivity index (χ2n) is 4.94. The fraction of sp³-hybridized carbons (Fsp3) is 0.250. The Morgan fingerprint density at radius 3 is 2.11 bits per heavy atom. The highest BCUT2D eigenvalue weighted by Gasteiger charge is 2.15. The molecule has 2 nitrogen and oxygen atoms in total. The molecule has 0 amide bonds. The van der Waals surface area contributed by atoms with Crippen LogP contribution in [-0.2, 0) is 0 Å². The molecule has 3 heteroatoms. The Hall–Kier alpha value is -1.16. The van der Waals surface area contributed by atoms with Crippen LogP contribution in [0, 0.1) is 20.8 Å². The van der Waals surface area contributed by atoms with E-state index in [9.17, 15) is 0 Å². The van der Waals surface area contributed by atoms with Crippen LogP contribution in [0.2, 0.25) is 0 Å². The lowest BCUT2D eigenvalue weighted by molar-refractivity contribution is 0.633. The number of hydrogen-bond acceptors (Lipinski definition) is 2. The van der Waals surface area contributed by atoms with Crippen LogP contribution in [0.5, 0.6) is 0 Å². The van der Waals surface area contributed by atoms with E-state index in [2.05, 4.69) is 66.4 Å². The molecule has 0 heterocycles. The van der Waals surface area contributed by atoms with E-state index in [0.29, 0.717) is 0 Å². The average molecular weight is 319 g/mol. The highest BCUT2D eigenvalue weighted by molar-refractivity contribution is 9.10. The number of halogens is 1. The first-order chi connectivity index (χ1) is 9.02. The van der Waals surface area contributed by atoms with Crippen molar-refractivity contribution in [2.45, 2.75) is 26.8 Å². The van der Waals surface area contributed by atoms with Crippen molar-refractivity contribution in [3.05, 3.63) is 68.7 Å². The van der Waals surface area contributed by atoms with Crippen molar-refractivity contribution in [2.75, 3.05) is 0 Å². The van der Waals surface area contributed by atoms with E-state index in [1.54, 1.807) is 0 Å². The lowest BCUT2D eigenvalue weighted by Crippen LogP contribution is -2.29. The fourth-order valence-corrected chi connectivity index (χ4v) is 2.58. The summed E-state index contributed by atoms with van der Waals surface area (Å²) in [5.41, 5.74) is 9.18. The summed E-state index contributed by atoms with van der Waals surface area (Å²) in [6.07, 6.45) is 0. The topological polar surface area (TPSA) is 38.0 Å². The number of aryl methyl sites for hydroxylation is 3. The number of rotatable bonds is 3. The molecule has 2 rings (SSSR count). The van der Waals surface area contributed by atoms with Gasteiger partial charge in [-0.3, -0.25) is 5.84 Å². The van der Waals surface area contributed by atoms with Crippen molar-refractivity contribution in [1.82, 2.24) is 5.43 Å². The molecule has 2 aromatic rings. The van der Waals surface area contributed by atoms with Gasteiger partial charge in [0.2, 0.25) is 0 Å². The van der Waals surface area contributed by atoms with Crippen LogP contribution in [-0.4, -0.2) is 0 Å². The van der Waals surface area contributed by atoms with E-state index in [1.165, 1.54) is 22.3 Å². The molecule has 0 aliphatic carbocycles. The van der Waals surface area contributed by atoms with Gasteiger partial charge in [0, 0.05) is 4.47 Å². The molecule has 0 saturated carbocycles. The van der Waals surface area contributed by atoms with Gasteiger partial charge in [-0.05, 0) is 60.7 Å². The summed E-state index contributed by atoms with van der Waals surface area (Å²) in [7, 11) is 0. The van der Waals surface area contributed by atoms with Gasteiger partial charge in [0.05, 0.1) is 6.04 Å². The maximum absolute atomic E-state index is 5.77. The Morgan fingerprint density at radius 2 is 1.53 bits per heavy atom. The normalized spacial score (nSPS) is 12.5. The third kappa shape index (κ3) is 3.06. The van der Waals surface area contributed by atoms with Gasteiger partial charge in [-0.15, -0.1) is 0 Å². The van der Waals surface area contributed by atoms with Crippen molar-refractivity contribution in [3.63, 3.8) is 0 Å². The largest absolute Gasteiger partial charge is 0.271 e. The lowest BCUT2D eigenvalue weighted by Gasteiger charge is -2.20.